The molecule has 0 radical (unpaired) electrons. The molecule has 1 aliphatic rings. The summed E-state index contributed by atoms with van der Waals surface area (Å²) in [5.41, 5.74) is 2.34. The summed E-state index contributed by atoms with van der Waals surface area (Å²) >= 11 is 0. The fourth-order valence-corrected chi connectivity index (χ4v) is 3.28. The minimum Gasteiger partial charge on any atom is -0.496 e. The van der Waals surface area contributed by atoms with Crippen molar-refractivity contribution in [3.8, 4) is 5.75 Å². The SMILES string of the molecule is COc1ccc(C)cc1CC(=O)N1CCC[C@H]1c1ccnc(=O)[nH]1. The molecule has 3 rings (SSSR count). The molecule has 1 aromatic heterocycles. The number of rotatable bonds is 4. The Hall–Kier alpha value is -2.63. The van der Waals surface area contributed by atoms with Crippen LogP contribution in [0.3, 0.4) is 0 Å². The highest BCUT2D eigenvalue weighted by atomic mass is 16.5. The van der Waals surface area contributed by atoms with Gasteiger partial charge in [-0.1, -0.05) is 17.7 Å². The Morgan fingerprint density at radius 1 is 1.42 bits per heavy atom. The van der Waals surface area contributed by atoms with Gasteiger partial charge in [-0.3, -0.25) is 4.79 Å². The van der Waals surface area contributed by atoms with Crippen LogP contribution < -0.4 is 10.4 Å². The molecule has 24 heavy (non-hydrogen) atoms. The number of aryl methyl sites for hydroxylation is 1. The van der Waals surface area contributed by atoms with Crippen LogP contribution in [0, 0.1) is 6.92 Å². The summed E-state index contributed by atoms with van der Waals surface area (Å²) in [6.45, 7) is 2.69. The summed E-state index contributed by atoms with van der Waals surface area (Å²) in [6.07, 6.45) is 3.54. The van der Waals surface area contributed by atoms with Crippen LogP contribution in [0.2, 0.25) is 0 Å². The molecule has 126 valence electrons. The number of methoxy groups -OCH3 is 1. The first-order chi connectivity index (χ1) is 11.6. The van der Waals surface area contributed by atoms with E-state index in [1.165, 1.54) is 6.20 Å². The van der Waals surface area contributed by atoms with Crippen LogP contribution in [-0.2, 0) is 11.2 Å². The van der Waals surface area contributed by atoms with Crippen molar-refractivity contribution < 1.29 is 9.53 Å². The zero-order valence-corrected chi connectivity index (χ0v) is 13.9. The molecule has 6 nitrogen and oxygen atoms in total. The van der Waals surface area contributed by atoms with Gasteiger partial charge in [-0.2, -0.15) is 0 Å². The second-order valence-corrected chi connectivity index (χ2v) is 6.07. The van der Waals surface area contributed by atoms with E-state index in [-0.39, 0.29) is 24.1 Å². The molecule has 1 aromatic carbocycles. The molecule has 6 heteroatoms. The number of aromatic nitrogens is 2. The topological polar surface area (TPSA) is 75.3 Å². The van der Waals surface area contributed by atoms with Gasteiger partial charge < -0.3 is 14.6 Å². The molecule has 1 fully saturated rings. The number of benzene rings is 1. The molecule has 0 bridgehead atoms. The average molecular weight is 327 g/mol. The van der Waals surface area contributed by atoms with Gasteiger partial charge in [0.25, 0.3) is 0 Å². The summed E-state index contributed by atoms with van der Waals surface area (Å²) in [5.74, 6) is 0.765. The standard InChI is InChI=1S/C18H21N3O3/c1-12-5-6-16(24-2)13(10-12)11-17(22)21-9-3-4-15(21)14-7-8-19-18(23)20-14/h5-8,10,15H,3-4,9,11H2,1-2H3,(H,19,20,23)/t15-/m0/s1. The first-order valence-corrected chi connectivity index (χ1v) is 8.06. The highest BCUT2D eigenvalue weighted by molar-refractivity contribution is 5.80. The minimum atomic E-state index is -0.382. The maximum atomic E-state index is 12.8. The maximum Gasteiger partial charge on any atom is 0.345 e. The van der Waals surface area contributed by atoms with Gasteiger partial charge in [-0.05, 0) is 31.9 Å². The lowest BCUT2D eigenvalue weighted by molar-refractivity contribution is -0.131. The first kappa shape index (κ1) is 16.2. The average Bonchev–Trinajstić information content (AvgIpc) is 3.05. The number of ether oxygens (including phenoxy) is 1. The third-order valence-electron chi connectivity index (χ3n) is 4.41. The number of aromatic amines is 1. The molecule has 1 aliphatic heterocycles. The largest absolute Gasteiger partial charge is 0.496 e. The van der Waals surface area contributed by atoms with Crippen LogP contribution in [-0.4, -0.2) is 34.4 Å². The predicted octanol–water partition coefficient (Wildman–Crippen LogP) is 1.99. The van der Waals surface area contributed by atoms with E-state index in [1.54, 1.807) is 13.2 Å². The predicted molar refractivity (Wildman–Crippen MR) is 90.0 cm³/mol. The van der Waals surface area contributed by atoms with E-state index in [0.717, 1.165) is 35.4 Å². The van der Waals surface area contributed by atoms with Gasteiger partial charge in [0.2, 0.25) is 5.91 Å². The Balaban J connectivity index is 1.82. The maximum absolute atomic E-state index is 12.8. The second-order valence-electron chi connectivity index (χ2n) is 6.07. The van der Waals surface area contributed by atoms with Gasteiger partial charge in [-0.25, -0.2) is 9.78 Å². The van der Waals surface area contributed by atoms with Crippen molar-refractivity contribution in [1.82, 2.24) is 14.9 Å². The molecule has 0 aliphatic carbocycles. The Morgan fingerprint density at radius 3 is 3.00 bits per heavy atom. The third-order valence-corrected chi connectivity index (χ3v) is 4.41. The number of amides is 1. The minimum absolute atomic E-state index is 0.0408. The monoisotopic (exact) mass is 327 g/mol. The number of nitrogens with zero attached hydrogens (tertiary/aromatic N) is 2. The third kappa shape index (κ3) is 3.32. The second kappa shape index (κ2) is 6.86. The van der Waals surface area contributed by atoms with Gasteiger partial charge in [0, 0.05) is 24.0 Å². The summed E-state index contributed by atoms with van der Waals surface area (Å²) in [7, 11) is 1.61. The molecule has 2 aromatic rings. The molecular formula is C18H21N3O3. The zero-order valence-electron chi connectivity index (χ0n) is 13.9. The molecule has 2 heterocycles. The molecule has 1 atom stereocenters. The van der Waals surface area contributed by atoms with Crippen LogP contribution in [0.1, 0.15) is 35.7 Å². The van der Waals surface area contributed by atoms with Crippen molar-refractivity contribution in [2.24, 2.45) is 0 Å². The Bertz CT molecular complexity index is 800. The zero-order chi connectivity index (χ0) is 17.1. The molecule has 1 N–H and O–H groups in total. The van der Waals surface area contributed by atoms with E-state index in [2.05, 4.69) is 9.97 Å². The summed E-state index contributed by atoms with van der Waals surface area (Å²) in [4.78, 5) is 32.5. The van der Waals surface area contributed by atoms with Crippen molar-refractivity contribution in [2.45, 2.75) is 32.2 Å². The quantitative estimate of drug-likeness (QED) is 0.932. The van der Waals surface area contributed by atoms with Gasteiger partial charge in [0.1, 0.15) is 5.75 Å². The van der Waals surface area contributed by atoms with E-state index in [9.17, 15) is 9.59 Å². The van der Waals surface area contributed by atoms with E-state index in [4.69, 9.17) is 4.74 Å². The van der Waals surface area contributed by atoms with Gasteiger partial charge >= 0.3 is 5.69 Å². The van der Waals surface area contributed by atoms with Crippen molar-refractivity contribution in [2.75, 3.05) is 13.7 Å². The van der Waals surface area contributed by atoms with Crippen LogP contribution in [0.4, 0.5) is 0 Å². The number of hydrogen-bond acceptors (Lipinski definition) is 4. The van der Waals surface area contributed by atoms with Crippen LogP contribution in [0.5, 0.6) is 5.75 Å². The Morgan fingerprint density at radius 2 is 2.25 bits per heavy atom. The fourth-order valence-electron chi connectivity index (χ4n) is 3.28. The number of nitrogens with one attached hydrogen (secondary N) is 1. The lowest BCUT2D eigenvalue weighted by atomic mass is 10.1. The van der Waals surface area contributed by atoms with Crippen molar-refractivity contribution >= 4 is 5.91 Å². The van der Waals surface area contributed by atoms with E-state index >= 15 is 0 Å². The van der Waals surface area contributed by atoms with Crippen molar-refractivity contribution in [1.29, 1.82) is 0 Å². The molecule has 1 amide bonds. The van der Waals surface area contributed by atoms with Crippen LogP contribution in [0.25, 0.3) is 0 Å². The Labute approximate surface area is 140 Å². The van der Waals surface area contributed by atoms with Crippen molar-refractivity contribution in [3.05, 3.63) is 57.8 Å². The number of hydrogen-bond donors (Lipinski definition) is 1. The summed E-state index contributed by atoms with van der Waals surface area (Å²) < 4.78 is 5.36. The van der Waals surface area contributed by atoms with E-state index in [0.29, 0.717) is 6.54 Å². The van der Waals surface area contributed by atoms with Gasteiger partial charge in [0.05, 0.1) is 19.6 Å². The molecular weight excluding hydrogens is 306 g/mol. The number of likely N-dealkylation sites (tertiary alicyclic amines) is 1. The van der Waals surface area contributed by atoms with Crippen molar-refractivity contribution in [3.63, 3.8) is 0 Å². The van der Waals surface area contributed by atoms with Crippen LogP contribution >= 0.6 is 0 Å². The number of carbonyl (C=O) groups excluding carboxylic acids is 1. The molecule has 1 saturated heterocycles. The lowest BCUT2D eigenvalue weighted by Crippen LogP contribution is -2.33. The Kier molecular flexibility index (Phi) is 4.64. The summed E-state index contributed by atoms with van der Waals surface area (Å²) in [6, 6.07) is 7.51. The van der Waals surface area contributed by atoms with Gasteiger partial charge in [0.15, 0.2) is 0 Å². The first-order valence-electron chi connectivity index (χ1n) is 8.06. The highest BCUT2D eigenvalue weighted by Crippen LogP contribution is 2.31. The molecule has 0 saturated carbocycles. The van der Waals surface area contributed by atoms with E-state index < -0.39 is 0 Å². The van der Waals surface area contributed by atoms with E-state index in [1.807, 2.05) is 30.0 Å². The lowest BCUT2D eigenvalue weighted by Gasteiger charge is -2.25. The number of carbonyl (C=O) groups is 1. The molecule has 0 spiro atoms. The van der Waals surface area contributed by atoms with Gasteiger partial charge in [-0.15, -0.1) is 0 Å². The highest BCUT2D eigenvalue weighted by Gasteiger charge is 2.30. The van der Waals surface area contributed by atoms with Crippen LogP contribution in [0.15, 0.2) is 35.3 Å². The molecule has 0 unspecified atom stereocenters. The normalized spacial score (nSPS) is 17.1. The smallest absolute Gasteiger partial charge is 0.345 e. The number of H-pyrrole nitrogens is 1. The fraction of sp³-hybridized carbons (Fsp3) is 0.389. The summed E-state index contributed by atoms with van der Waals surface area (Å²) in [5, 5.41) is 0.